The topological polar surface area (TPSA) is 84.7 Å². The van der Waals surface area contributed by atoms with Gasteiger partial charge < -0.3 is 4.52 Å². The van der Waals surface area contributed by atoms with Gasteiger partial charge in [0.15, 0.2) is 0 Å². The van der Waals surface area contributed by atoms with Crippen molar-refractivity contribution in [2.24, 2.45) is 0 Å². The van der Waals surface area contributed by atoms with Crippen LogP contribution in [0.1, 0.15) is 5.89 Å². The molecular weight excluding hydrogens is 172 g/mol. The van der Waals surface area contributed by atoms with Crippen molar-refractivity contribution in [2.75, 3.05) is 0 Å². The first kappa shape index (κ1) is 7.66. The van der Waals surface area contributed by atoms with Gasteiger partial charge in [0, 0.05) is 13.0 Å². The first-order valence-corrected chi connectivity index (χ1v) is 3.62. The van der Waals surface area contributed by atoms with Crippen molar-refractivity contribution in [1.82, 2.24) is 20.3 Å². The van der Waals surface area contributed by atoms with Crippen molar-refractivity contribution in [3.05, 3.63) is 28.4 Å². The lowest BCUT2D eigenvalue weighted by Gasteiger charge is -1.88. The minimum atomic E-state index is -0.260. The van der Waals surface area contributed by atoms with E-state index in [-0.39, 0.29) is 5.56 Å². The van der Waals surface area contributed by atoms with Gasteiger partial charge in [0.25, 0.3) is 5.56 Å². The van der Waals surface area contributed by atoms with E-state index in [0.717, 1.165) is 0 Å². The molecule has 0 saturated heterocycles. The molecule has 0 bridgehead atoms. The van der Waals surface area contributed by atoms with E-state index >= 15 is 0 Å². The Morgan fingerprint density at radius 3 is 2.85 bits per heavy atom. The Balaban J connectivity index is 2.47. The van der Waals surface area contributed by atoms with Crippen LogP contribution in [0, 0.1) is 6.92 Å². The predicted octanol–water partition coefficient (Wildman–Crippen LogP) is 0.128. The van der Waals surface area contributed by atoms with E-state index in [1.165, 1.54) is 12.1 Å². The summed E-state index contributed by atoms with van der Waals surface area (Å²) in [7, 11) is 0. The molecule has 6 nitrogen and oxygen atoms in total. The van der Waals surface area contributed by atoms with Crippen LogP contribution in [0.25, 0.3) is 11.5 Å². The van der Waals surface area contributed by atoms with Crippen LogP contribution in [0.15, 0.2) is 21.5 Å². The highest BCUT2D eigenvalue weighted by Gasteiger charge is 2.05. The Morgan fingerprint density at radius 1 is 1.46 bits per heavy atom. The predicted molar refractivity (Wildman–Crippen MR) is 42.9 cm³/mol. The van der Waals surface area contributed by atoms with Gasteiger partial charge in [0.05, 0.1) is 0 Å². The number of H-pyrrole nitrogens is 1. The molecule has 0 radical (unpaired) electrons. The number of hydrogen-bond acceptors (Lipinski definition) is 5. The maximum Gasteiger partial charge on any atom is 0.264 e. The molecule has 0 aromatic carbocycles. The Kier molecular flexibility index (Phi) is 1.66. The van der Waals surface area contributed by atoms with Gasteiger partial charge in [-0.25, -0.2) is 5.10 Å². The van der Waals surface area contributed by atoms with Gasteiger partial charge in [-0.05, 0) is 6.07 Å². The van der Waals surface area contributed by atoms with Crippen molar-refractivity contribution >= 4 is 0 Å². The Labute approximate surface area is 72.6 Å². The molecule has 0 aliphatic rings. The van der Waals surface area contributed by atoms with Crippen LogP contribution in [-0.2, 0) is 0 Å². The highest BCUT2D eigenvalue weighted by Crippen LogP contribution is 2.08. The summed E-state index contributed by atoms with van der Waals surface area (Å²) in [6.45, 7) is 1.68. The molecule has 1 N–H and O–H groups in total. The SMILES string of the molecule is Cc1nc(-c2ccc(=O)[nH]n2)no1. The standard InChI is InChI=1S/C7H6N4O2/c1-4-8-7(11-13-4)5-2-3-6(12)10-9-5/h2-3H,1H3,(H,10,12). The van der Waals surface area contributed by atoms with Crippen molar-refractivity contribution in [1.29, 1.82) is 0 Å². The van der Waals surface area contributed by atoms with Crippen LogP contribution in [0.3, 0.4) is 0 Å². The average molecular weight is 178 g/mol. The zero-order valence-corrected chi connectivity index (χ0v) is 6.81. The molecule has 0 saturated carbocycles. The zero-order valence-electron chi connectivity index (χ0n) is 6.81. The van der Waals surface area contributed by atoms with Gasteiger partial charge in [-0.2, -0.15) is 10.1 Å². The maximum atomic E-state index is 10.7. The second kappa shape index (κ2) is 2.81. The number of aromatic nitrogens is 4. The average Bonchev–Trinajstić information content (AvgIpc) is 2.53. The largest absolute Gasteiger partial charge is 0.339 e. The third-order valence-electron chi connectivity index (χ3n) is 1.44. The zero-order chi connectivity index (χ0) is 9.26. The van der Waals surface area contributed by atoms with Crippen molar-refractivity contribution in [3.8, 4) is 11.5 Å². The number of nitrogens with zero attached hydrogens (tertiary/aromatic N) is 3. The molecule has 2 rings (SSSR count). The summed E-state index contributed by atoms with van der Waals surface area (Å²) in [5.74, 6) is 0.830. The Hall–Kier alpha value is -1.98. The molecule has 2 aromatic rings. The Morgan fingerprint density at radius 2 is 2.31 bits per heavy atom. The number of hydrogen-bond donors (Lipinski definition) is 1. The van der Waals surface area contributed by atoms with Gasteiger partial charge in [-0.15, -0.1) is 0 Å². The fraction of sp³-hybridized carbons (Fsp3) is 0.143. The van der Waals surface area contributed by atoms with Crippen LogP contribution >= 0.6 is 0 Å². The van der Waals surface area contributed by atoms with E-state index in [9.17, 15) is 4.79 Å². The fourth-order valence-electron chi connectivity index (χ4n) is 0.872. The third-order valence-corrected chi connectivity index (χ3v) is 1.44. The highest BCUT2D eigenvalue weighted by molar-refractivity contribution is 5.45. The quantitative estimate of drug-likeness (QED) is 0.670. The summed E-state index contributed by atoms with van der Waals surface area (Å²) in [5.41, 5.74) is 0.223. The van der Waals surface area contributed by atoms with E-state index in [1.54, 1.807) is 6.92 Å². The van der Waals surface area contributed by atoms with E-state index < -0.39 is 0 Å². The molecule has 2 heterocycles. The molecule has 0 atom stereocenters. The first-order chi connectivity index (χ1) is 6.25. The molecule has 0 aliphatic carbocycles. The molecule has 0 unspecified atom stereocenters. The number of nitrogens with one attached hydrogen (secondary N) is 1. The maximum absolute atomic E-state index is 10.7. The van der Waals surface area contributed by atoms with E-state index in [1.807, 2.05) is 0 Å². The second-order valence-electron chi connectivity index (χ2n) is 2.44. The molecule has 13 heavy (non-hydrogen) atoms. The summed E-state index contributed by atoms with van der Waals surface area (Å²) in [5, 5.41) is 9.66. The highest BCUT2D eigenvalue weighted by atomic mass is 16.5. The third kappa shape index (κ3) is 1.46. The smallest absolute Gasteiger partial charge is 0.264 e. The lowest BCUT2D eigenvalue weighted by atomic mass is 10.4. The monoisotopic (exact) mass is 178 g/mol. The number of rotatable bonds is 1. The van der Waals surface area contributed by atoms with E-state index in [0.29, 0.717) is 17.4 Å². The fourth-order valence-corrected chi connectivity index (χ4v) is 0.872. The molecule has 0 amide bonds. The molecule has 0 spiro atoms. The molecular formula is C7H6N4O2. The molecule has 66 valence electrons. The van der Waals surface area contributed by atoms with Gasteiger partial charge in [-0.1, -0.05) is 5.16 Å². The summed E-state index contributed by atoms with van der Waals surface area (Å²) >= 11 is 0. The normalized spacial score (nSPS) is 10.2. The summed E-state index contributed by atoms with van der Waals surface area (Å²) in [6.07, 6.45) is 0. The van der Waals surface area contributed by atoms with Crippen molar-refractivity contribution in [3.63, 3.8) is 0 Å². The lowest BCUT2D eigenvalue weighted by molar-refractivity contribution is 0.394. The molecule has 6 heteroatoms. The lowest BCUT2D eigenvalue weighted by Crippen LogP contribution is -2.05. The van der Waals surface area contributed by atoms with Gasteiger partial charge >= 0.3 is 0 Å². The molecule has 2 aromatic heterocycles. The van der Waals surface area contributed by atoms with Crippen LogP contribution in [0.5, 0.6) is 0 Å². The van der Waals surface area contributed by atoms with Crippen molar-refractivity contribution in [2.45, 2.75) is 6.92 Å². The van der Waals surface area contributed by atoms with Gasteiger partial charge in [0.1, 0.15) is 5.69 Å². The Bertz CT molecular complexity index is 453. The van der Waals surface area contributed by atoms with E-state index in [2.05, 4.69) is 20.3 Å². The summed E-state index contributed by atoms with van der Waals surface area (Å²) in [6, 6.07) is 2.89. The number of aromatic amines is 1. The van der Waals surface area contributed by atoms with Crippen LogP contribution in [0.2, 0.25) is 0 Å². The molecule has 0 aliphatic heterocycles. The summed E-state index contributed by atoms with van der Waals surface area (Å²) in [4.78, 5) is 14.6. The number of aryl methyl sites for hydroxylation is 1. The summed E-state index contributed by atoms with van der Waals surface area (Å²) < 4.78 is 4.76. The van der Waals surface area contributed by atoms with Crippen LogP contribution < -0.4 is 5.56 Å². The van der Waals surface area contributed by atoms with Crippen LogP contribution in [-0.4, -0.2) is 20.3 Å². The van der Waals surface area contributed by atoms with Crippen LogP contribution in [0.4, 0.5) is 0 Å². The first-order valence-electron chi connectivity index (χ1n) is 3.62. The second-order valence-corrected chi connectivity index (χ2v) is 2.44. The minimum absolute atomic E-state index is 0.260. The van der Waals surface area contributed by atoms with Gasteiger partial charge in [0.2, 0.25) is 11.7 Å². The van der Waals surface area contributed by atoms with Crippen molar-refractivity contribution < 1.29 is 4.52 Å². The van der Waals surface area contributed by atoms with E-state index in [4.69, 9.17) is 4.52 Å². The molecule has 0 fully saturated rings. The van der Waals surface area contributed by atoms with Gasteiger partial charge in [-0.3, -0.25) is 4.79 Å². The minimum Gasteiger partial charge on any atom is -0.339 e.